The molecule has 1 N–H and O–H groups in total. The summed E-state index contributed by atoms with van der Waals surface area (Å²) in [5, 5.41) is 8.08. The van der Waals surface area contributed by atoms with Crippen LogP contribution in [-0.4, -0.2) is 9.55 Å². The van der Waals surface area contributed by atoms with Gasteiger partial charge in [-0.25, -0.2) is 4.98 Å². The summed E-state index contributed by atoms with van der Waals surface area (Å²) in [6.45, 7) is 4.04. The van der Waals surface area contributed by atoms with E-state index in [0.717, 1.165) is 22.8 Å². The smallest absolute Gasteiger partial charge is 0.0871 e. The first-order chi connectivity index (χ1) is 6.59. The predicted molar refractivity (Wildman–Crippen MR) is 62.4 cm³/mol. The lowest BCUT2D eigenvalue weighted by Crippen LogP contribution is -2.11. The van der Waals surface area contributed by atoms with Gasteiger partial charge >= 0.3 is 0 Å². The largest absolute Gasteiger partial charge is 0.345 e. The SMILES string of the molecule is Cc1nc2ccc(=N)cc-2n(C)c1C.Cl. The molecule has 0 aromatic carbocycles. The first-order valence-electron chi connectivity index (χ1n) is 4.58. The molecule has 0 unspecified atom stereocenters. The number of rotatable bonds is 0. The van der Waals surface area contributed by atoms with Crippen molar-refractivity contribution in [3.63, 3.8) is 0 Å². The second kappa shape index (κ2) is 4.03. The Morgan fingerprint density at radius 1 is 1.27 bits per heavy atom. The van der Waals surface area contributed by atoms with E-state index in [1.165, 1.54) is 0 Å². The van der Waals surface area contributed by atoms with Gasteiger partial charge in [0.2, 0.25) is 0 Å². The number of nitrogens with zero attached hydrogens (tertiary/aromatic N) is 2. The van der Waals surface area contributed by atoms with Crippen molar-refractivity contribution in [3.8, 4) is 11.4 Å². The molecule has 2 rings (SSSR count). The molecule has 80 valence electrons. The highest BCUT2D eigenvalue weighted by atomic mass is 35.5. The number of halogens is 1. The van der Waals surface area contributed by atoms with Gasteiger partial charge in [-0.15, -0.1) is 12.4 Å². The molecule has 1 aliphatic heterocycles. The van der Waals surface area contributed by atoms with Crippen LogP contribution in [0.5, 0.6) is 0 Å². The Bertz CT molecular complexity index is 516. The van der Waals surface area contributed by atoms with Gasteiger partial charge in [-0.1, -0.05) is 0 Å². The first-order valence-corrected chi connectivity index (χ1v) is 4.58. The number of hydrogen-bond acceptors (Lipinski definition) is 2. The predicted octanol–water partition coefficient (Wildman–Crippen LogP) is 2.04. The van der Waals surface area contributed by atoms with Crippen LogP contribution in [0.15, 0.2) is 18.2 Å². The number of aryl methyl sites for hydroxylation is 1. The van der Waals surface area contributed by atoms with Crippen LogP contribution in [-0.2, 0) is 7.05 Å². The molecule has 0 aromatic rings. The lowest BCUT2D eigenvalue weighted by molar-refractivity contribution is 0.825. The third kappa shape index (κ3) is 1.88. The van der Waals surface area contributed by atoms with E-state index < -0.39 is 0 Å². The van der Waals surface area contributed by atoms with E-state index in [-0.39, 0.29) is 12.4 Å². The van der Waals surface area contributed by atoms with Crippen molar-refractivity contribution in [2.75, 3.05) is 0 Å². The van der Waals surface area contributed by atoms with E-state index in [1.807, 2.05) is 33.0 Å². The molecule has 0 radical (unpaired) electrons. The highest BCUT2D eigenvalue weighted by molar-refractivity contribution is 5.85. The molecule has 4 heteroatoms. The minimum atomic E-state index is 0. The average molecular weight is 224 g/mol. The van der Waals surface area contributed by atoms with Gasteiger partial charge in [-0.2, -0.15) is 0 Å². The first kappa shape index (κ1) is 11.7. The van der Waals surface area contributed by atoms with Crippen molar-refractivity contribution in [2.24, 2.45) is 7.05 Å². The van der Waals surface area contributed by atoms with E-state index in [0.29, 0.717) is 5.36 Å². The molecule has 0 saturated heterocycles. The van der Waals surface area contributed by atoms with Crippen LogP contribution in [0.25, 0.3) is 11.4 Å². The fourth-order valence-electron chi connectivity index (χ4n) is 1.57. The minimum absolute atomic E-state index is 0. The molecule has 0 spiro atoms. The molecule has 2 aliphatic rings. The molecule has 0 atom stereocenters. The maximum Gasteiger partial charge on any atom is 0.0871 e. The summed E-state index contributed by atoms with van der Waals surface area (Å²) < 4.78 is 2.08. The lowest BCUT2D eigenvalue weighted by Gasteiger charge is -2.15. The number of aromatic nitrogens is 2. The Hall–Kier alpha value is -1.35. The summed E-state index contributed by atoms with van der Waals surface area (Å²) >= 11 is 0. The number of nitrogens with one attached hydrogen (secondary N) is 1. The van der Waals surface area contributed by atoms with Crippen LogP contribution >= 0.6 is 12.4 Å². The standard InChI is InChI=1S/C11H13N3.ClH/c1-7-8(2)14(3)11-6-9(12)4-5-10(11)13-7;/h4-6,12H,1-3H3;1H. The lowest BCUT2D eigenvalue weighted by atomic mass is 10.2. The quantitative estimate of drug-likeness (QED) is 0.730. The van der Waals surface area contributed by atoms with Gasteiger partial charge in [0.1, 0.15) is 0 Å². The normalized spacial score (nSPS) is 10.1. The number of hydrogen-bond donors (Lipinski definition) is 1. The van der Waals surface area contributed by atoms with Crippen molar-refractivity contribution < 1.29 is 0 Å². The Balaban J connectivity index is 0.00000112. The minimum Gasteiger partial charge on any atom is -0.345 e. The number of benzene rings is 1. The van der Waals surface area contributed by atoms with Crippen molar-refractivity contribution >= 4 is 12.4 Å². The van der Waals surface area contributed by atoms with E-state index >= 15 is 0 Å². The zero-order valence-corrected chi connectivity index (χ0v) is 9.85. The van der Waals surface area contributed by atoms with Gasteiger partial charge < -0.3 is 9.98 Å². The molecule has 0 fully saturated rings. The molecule has 0 bridgehead atoms. The summed E-state index contributed by atoms with van der Waals surface area (Å²) in [7, 11) is 2.01. The van der Waals surface area contributed by atoms with E-state index in [4.69, 9.17) is 5.41 Å². The van der Waals surface area contributed by atoms with Crippen LogP contribution < -0.4 is 5.36 Å². The van der Waals surface area contributed by atoms with Crippen molar-refractivity contribution in [3.05, 3.63) is 34.9 Å². The van der Waals surface area contributed by atoms with E-state index in [1.54, 1.807) is 6.07 Å². The second-order valence-electron chi connectivity index (χ2n) is 3.55. The Kier molecular flexibility index (Phi) is 3.15. The average Bonchev–Trinajstić information content (AvgIpc) is 2.16. The molecular formula is C11H14ClN3. The Labute approximate surface area is 95.1 Å². The highest BCUT2D eigenvalue weighted by Crippen LogP contribution is 2.19. The maximum absolute atomic E-state index is 7.56. The van der Waals surface area contributed by atoms with Crippen LogP contribution in [0.4, 0.5) is 0 Å². The molecule has 0 saturated carbocycles. The molecular weight excluding hydrogens is 210 g/mol. The van der Waals surface area contributed by atoms with Gasteiger partial charge in [0, 0.05) is 12.7 Å². The van der Waals surface area contributed by atoms with E-state index in [2.05, 4.69) is 9.55 Å². The molecule has 3 nitrogen and oxygen atoms in total. The van der Waals surface area contributed by atoms with Crippen LogP contribution in [0.3, 0.4) is 0 Å². The highest BCUT2D eigenvalue weighted by Gasteiger charge is 2.08. The van der Waals surface area contributed by atoms with Crippen LogP contribution in [0, 0.1) is 19.3 Å². The molecule has 1 aliphatic carbocycles. The second-order valence-corrected chi connectivity index (χ2v) is 3.55. The summed E-state index contributed by atoms with van der Waals surface area (Å²) in [5.74, 6) is 0. The summed E-state index contributed by atoms with van der Waals surface area (Å²) in [6.07, 6.45) is 0. The van der Waals surface area contributed by atoms with Crippen molar-refractivity contribution in [1.29, 1.82) is 5.41 Å². The van der Waals surface area contributed by atoms with Gasteiger partial charge in [0.15, 0.2) is 0 Å². The van der Waals surface area contributed by atoms with Crippen molar-refractivity contribution in [1.82, 2.24) is 9.55 Å². The van der Waals surface area contributed by atoms with E-state index in [9.17, 15) is 0 Å². The van der Waals surface area contributed by atoms with Crippen molar-refractivity contribution in [2.45, 2.75) is 13.8 Å². The van der Waals surface area contributed by atoms with Gasteiger partial charge in [0.05, 0.1) is 22.4 Å². The fourth-order valence-corrected chi connectivity index (χ4v) is 1.57. The Morgan fingerprint density at radius 2 is 1.93 bits per heavy atom. The van der Waals surface area contributed by atoms with Crippen LogP contribution in [0.2, 0.25) is 0 Å². The number of fused-ring (bicyclic) bond motifs is 1. The molecule has 0 amide bonds. The third-order valence-electron chi connectivity index (χ3n) is 2.65. The Morgan fingerprint density at radius 3 is 2.60 bits per heavy atom. The topological polar surface area (TPSA) is 41.7 Å². The zero-order valence-electron chi connectivity index (χ0n) is 9.03. The maximum atomic E-state index is 7.56. The monoisotopic (exact) mass is 223 g/mol. The summed E-state index contributed by atoms with van der Waals surface area (Å²) in [6, 6.07) is 5.50. The van der Waals surface area contributed by atoms with Gasteiger partial charge in [-0.3, -0.25) is 0 Å². The molecule has 1 heterocycles. The van der Waals surface area contributed by atoms with Gasteiger partial charge in [-0.05, 0) is 32.0 Å². The third-order valence-corrected chi connectivity index (χ3v) is 2.65. The molecule has 15 heavy (non-hydrogen) atoms. The van der Waals surface area contributed by atoms with Crippen LogP contribution in [0.1, 0.15) is 11.4 Å². The molecule has 0 aromatic heterocycles. The summed E-state index contributed by atoms with van der Waals surface area (Å²) in [5.41, 5.74) is 4.15. The zero-order chi connectivity index (χ0) is 10.3. The summed E-state index contributed by atoms with van der Waals surface area (Å²) in [4.78, 5) is 4.47. The van der Waals surface area contributed by atoms with Gasteiger partial charge in [0.25, 0.3) is 0 Å². The fraction of sp³-hybridized carbons (Fsp3) is 0.273.